The van der Waals surface area contributed by atoms with E-state index in [0.29, 0.717) is 6.04 Å². The predicted octanol–water partition coefficient (Wildman–Crippen LogP) is 3.10. The van der Waals surface area contributed by atoms with Crippen molar-refractivity contribution in [1.82, 2.24) is 14.8 Å². The molecule has 1 saturated heterocycles. The molecule has 5 nitrogen and oxygen atoms in total. The van der Waals surface area contributed by atoms with E-state index in [-0.39, 0.29) is 6.54 Å². The van der Waals surface area contributed by atoms with Crippen LogP contribution in [0.4, 0.5) is 0 Å². The summed E-state index contributed by atoms with van der Waals surface area (Å²) in [6.45, 7) is 5.89. The number of nitrogens with zero attached hydrogens (tertiary/aromatic N) is 3. The van der Waals surface area contributed by atoms with E-state index in [4.69, 9.17) is 10.1 Å². The summed E-state index contributed by atoms with van der Waals surface area (Å²) in [7, 11) is 0. The third kappa shape index (κ3) is 5.37. The standard InChI is InChI=1S/C20H27N3O2S/c1-2-23(14-20(24)25)18-8-10-22(11-9-18)13-17-15-26-19(21-17)12-16-6-4-3-5-7-16/h3-7,15,18H,2,8-14H2,1H3,(H,24,25). The maximum atomic E-state index is 11.0. The molecule has 6 heteroatoms. The quantitative estimate of drug-likeness (QED) is 0.770. The van der Waals surface area contributed by atoms with Gasteiger partial charge >= 0.3 is 5.97 Å². The topological polar surface area (TPSA) is 56.7 Å². The zero-order chi connectivity index (χ0) is 18.4. The summed E-state index contributed by atoms with van der Waals surface area (Å²) in [5.41, 5.74) is 2.45. The van der Waals surface area contributed by atoms with Gasteiger partial charge in [0.1, 0.15) is 0 Å². The number of aromatic nitrogens is 1. The number of carboxylic acids is 1. The number of likely N-dealkylation sites (tertiary alicyclic amines) is 1. The minimum atomic E-state index is -0.734. The highest BCUT2D eigenvalue weighted by Crippen LogP contribution is 2.20. The molecule has 1 aliphatic heterocycles. The van der Waals surface area contributed by atoms with Crippen LogP contribution in [0.15, 0.2) is 35.7 Å². The van der Waals surface area contributed by atoms with Gasteiger partial charge in [-0.25, -0.2) is 4.98 Å². The van der Waals surface area contributed by atoms with E-state index in [0.717, 1.165) is 51.1 Å². The molecular weight excluding hydrogens is 346 g/mol. The molecule has 26 heavy (non-hydrogen) atoms. The lowest BCUT2D eigenvalue weighted by Gasteiger charge is -2.37. The van der Waals surface area contributed by atoms with Gasteiger partial charge in [0.25, 0.3) is 0 Å². The summed E-state index contributed by atoms with van der Waals surface area (Å²) in [5.74, 6) is -0.734. The number of rotatable bonds is 8. The van der Waals surface area contributed by atoms with Crippen molar-refractivity contribution < 1.29 is 9.90 Å². The van der Waals surface area contributed by atoms with Crippen LogP contribution in [0.1, 0.15) is 36.0 Å². The van der Waals surface area contributed by atoms with Crippen molar-refractivity contribution in [2.75, 3.05) is 26.2 Å². The first-order valence-corrected chi connectivity index (χ1v) is 10.2. The lowest BCUT2D eigenvalue weighted by atomic mass is 10.0. The van der Waals surface area contributed by atoms with Gasteiger partial charge in [-0.3, -0.25) is 14.6 Å². The highest BCUT2D eigenvalue weighted by molar-refractivity contribution is 7.09. The molecule has 0 amide bonds. The zero-order valence-corrected chi connectivity index (χ0v) is 16.1. The zero-order valence-electron chi connectivity index (χ0n) is 15.3. The van der Waals surface area contributed by atoms with Gasteiger partial charge in [0, 0.05) is 37.5 Å². The summed E-state index contributed by atoms with van der Waals surface area (Å²) >= 11 is 1.74. The summed E-state index contributed by atoms with van der Waals surface area (Å²) in [4.78, 5) is 20.3. The van der Waals surface area contributed by atoms with Crippen molar-refractivity contribution in [3.05, 3.63) is 52.0 Å². The average Bonchev–Trinajstić information content (AvgIpc) is 3.08. The molecule has 1 fully saturated rings. The summed E-state index contributed by atoms with van der Waals surface area (Å²) in [5, 5.41) is 12.4. The first-order chi connectivity index (χ1) is 12.6. The monoisotopic (exact) mass is 373 g/mol. The minimum absolute atomic E-state index is 0.149. The van der Waals surface area contributed by atoms with Crippen LogP contribution in [-0.4, -0.2) is 58.1 Å². The molecule has 0 radical (unpaired) electrons. The Balaban J connectivity index is 1.48. The number of thiazole rings is 1. The summed E-state index contributed by atoms with van der Waals surface area (Å²) in [6.07, 6.45) is 2.96. The van der Waals surface area contributed by atoms with Crippen molar-refractivity contribution >= 4 is 17.3 Å². The highest BCUT2D eigenvalue weighted by Gasteiger charge is 2.25. The number of hydrogen-bond donors (Lipinski definition) is 1. The molecule has 0 unspecified atom stereocenters. The van der Waals surface area contributed by atoms with Gasteiger partial charge in [-0.05, 0) is 24.9 Å². The number of piperidine rings is 1. The Morgan fingerprint density at radius 3 is 2.69 bits per heavy atom. The van der Waals surface area contributed by atoms with E-state index in [1.165, 1.54) is 10.6 Å². The fourth-order valence-corrected chi connectivity index (χ4v) is 4.44. The minimum Gasteiger partial charge on any atom is -0.480 e. The van der Waals surface area contributed by atoms with Crippen LogP contribution in [0.3, 0.4) is 0 Å². The molecule has 1 aromatic heterocycles. The Morgan fingerprint density at radius 2 is 2.04 bits per heavy atom. The van der Waals surface area contributed by atoms with E-state index >= 15 is 0 Å². The van der Waals surface area contributed by atoms with E-state index < -0.39 is 5.97 Å². The Labute approximate surface area is 159 Å². The Kier molecular flexibility index (Phi) is 6.77. The maximum Gasteiger partial charge on any atom is 0.317 e. The third-order valence-electron chi connectivity index (χ3n) is 5.00. The first kappa shape index (κ1) is 19.0. The molecule has 1 aliphatic rings. The molecule has 1 aromatic carbocycles. The Bertz CT molecular complexity index is 696. The van der Waals surface area contributed by atoms with E-state index in [1.54, 1.807) is 11.3 Å². The second-order valence-electron chi connectivity index (χ2n) is 6.86. The first-order valence-electron chi connectivity index (χ1n) is 9.29. The third-order valence-corrected chi connectivity index (χ3v) is 5.90. The van der Waals surface area contributed by atoms with Gasteiger partial charge in [-0.15, -0.1) is 11.3 Å². The maximum absolute atomic E-state index is 11.0. The molecule has 0 atom stereocenters. The number of likely N-dealkylation sites (N-methyl/N-ethyl adjacent to an activating group) is 1. The number of carbonyl (C=O) groups is 1. The van der Waals surface area contributed by atoms with Crippen LogP contribution in [0.25, 0.3) is 0 Å². The van der Waals surface area contributed by atoms with Crippen LogP contribution >= 0.6 is 11.3 Å². The number of benzene rings is 1. The Morgan fingerprint density at radius 1 is 1.31 bits per heavy atom. The molecule has 0 saturated carbocycles. The fourth-order valence-electron chi connectivity index (χ4n) is 3.62. The molecule has 0 spiro atoms. The van der Waals surface area contributed by atoms with E-state index in [1.807, 2.05) is 13.0 Å². The average molecular weight is 374 g/mol. The number of carboxylic acid groups (broad SMARTS) is 1. The molecular formula is C20H27N3O2S. The van der Waals surface area contributed by atoms with Gasteiger partial charge in [0.2, 0.25) is 0 Å². The van der Waals surface area contributed by atoms with Gasteiger partial charge in [0.05, 0.1) is 17.2 Å². The lowest BCUT2D eigenvalue weighted by Crippen LogP contribution is -2.46. The molecule has 0 bridgehead atoms. The number of hydrogen-bond acceptors (Lipinski definition) is 5. The van der Waals surface area contributed by atoms with Crippen LogP contribution < -0.4 is 0 Å². The Hall–Kier alpha value is -1.76. The molecule has 1 N–H and O–H groups in total. The molecule has 3 rings (SSSR count). The van der Waals surface area contributed by atoms with Gasteiger partial charge < -0.3 is 5.11 Å². The molecule has 2 aromatic rings. The summed E-state index contributed by atoms with van der Waals surface area (Å²) in [6, 6.07) is 10.8. The van der Waals surface area contributed by atoms with Crippen molar-refractivity contribution in [2.45, 2.75) is 38.8 Å². The lowest BCUT2D eigenvalue weighted by molar-refractivity contribution is -0.139. The van der Waals surface area contributed by atoms with Gasteiger partial charge in [0.15, 0.2) is 0 Å². The van der Waals surface area contributed by atoms with Crippen molar-refractivity contribution in [3.63, 3.8) is 0 Å². The van der Waals surface area contributed by atoms with Crippen LogP contribution in [-0.2, 0) is 17.8 Å². The largest absolute Gasteiger partial charge is 0.480 e. The van der Waals surface area contributed by atoms with Gasteiger partial charge in [-0.1, -0.05) is 37.3 Å². The second-order valence-corrected chi connectivity index (χ2v) is 7.80. The van der Waals surface area contributed by atoms with Crippen LogP contribution in [0.5, 0.6) is 0 Å². The second kappa shape index (κ2) is 9.26. The van der Waals surface area contributed by atoms with Crippen molar-refractivity contribution in [2.24, 2.45) is 0 Å². The van der Waals surface area contributed by atoms with Gasteiger partial charge in [-0.2, -0.15) is 0 Å². The molecule has 2 heterocycles. The smallest absolute Gasteiger partial charge is 0.317 e. The van der Waals surface area contributed by atoms with Crippen molar-refractivity contribution in [1.29, 1.82) is 0 Å². The SMILES string of the molecule is CCN(CC(=O)O)C1CCN(Cc2csc(Cc3ccccc3)n2)CC1. The van der Waals surface area contributed by atoms with Crippen LogP contribution in [0, 0.1) is 0 Å². The highest BCUT2D eigenvalue weighted by atomic mass is 32.1. The fraction of sp³-hybridized carbons (Fsp3) is 0.500. The van der Waals surface area contributed by atoms with Crippen LogP contribution in [0.2, 0.25) is 0 Å². The normalized spacial score (nSPS) is 16.2. The van der Waals surface area contributed by atoms with E-state index in [2.05, 4.69) is 39.4 Å². The predicted molar refractivity (Wildman–Crippen MR) is 105 cm³/mol. The van der Waals surface area contributed by atoms with E-state index in [9.17, 15) is 4.79 Å². The summed E-state index contributed by atoms with van der Waals surface area (Å²) < 4.78 is 0. The van der Waals surface area contributed by atoms with Crippen molar-refractivity contribution in [3.8, 4) is 0 Å². The molecule has 140 valence electrons. The number of aliphatic carboxylic acids is 1. The molecule has 0 aliphatic carbocycles.